The number of fused-ring (bicyclic) bond motifs is 1. The van der Waals surface area contributed by atoms with Gasteiger partial charge in [0.2, 0.25) is 0 Å². The third-order valence-electron chi connectivity index (χ3n) is 3.31. The lowest BCUT2D eigenvalue weighted by Crippen LogP contribution is -2.34. The fourth-order valence-corrected chi connectivity index (χ4v) is 3.04. The molecule has 0 aliphatic rings. The first-order valence-electron chi connectivity index (χ1n) is 6.48. The largest absolute Gasteiger partial charge is 0.477 e. The number of hydrogen-bond acceptors (Lipinski definition) is 5. The molecular weight excluding hydrogens is 318 g/mol. The monoisotopic (exact) mass is 327 g/mol. The summed E-state index contributed by atoms with van der Waals surface area (Å²) in [6.45, 7) is 0.0358. The van der Waals surface area contributed by atoms with Crippen molar-refractivity contribution < 1.29 is 9.90 Å². The summed E-state index contributed by atoms with van der Waals surface area (Å²) in [4.78, 5) is 38.2. The molecule has 2 heterocycles. The van der Waals surface area contributed by atoms with E-state index >= 15 is 0 Å². The molecule has 3 aromatic rings. The third kappa shape index (κ3) is 2.65. The van der Waals surface area contributed by atoms with E-state index in [1.807, 2.05) is 6.07 Å². The zero-order chi connectivity index (χ0) is 16.6. The van der Waals surface area contributed by atoms with Crippen LogP contribution in [-0.4, -0.2) is 20.6 Å². The molecule has 0 fully saturated rings. The lowest BCUT2D eigenvalue weighted by Gasteiger charge is -2.05. The summed E-state index contributed by atoms with van der Waals surface area (Å²) in [7, 11) is 0. The first kappa shape index (κ1) is 14.7. The van der Waals surface area contributed by atoms with Gasteiger partial charge in [-0.3, -0.25) is 14.3 Å². The predicted molar refractivity (Wildman–Crippen MR) is 83.9 cm³/mol. The Morgan fingerprint density at radius 2 is 2.00 bits per heavy atom. The molecule has 0 saturated heterocycles. The van der Waals surface area contributed by atoms with Gasteiger partial charge in [0.25, 0.3) is 5.56 Å². The van der Waals surface area contributed by atoms with Crippen molar-refractivity contribution in [2.24, 2.45) is 0 Å². The molecule has 0 amide bonds. The van der Waals surface area contributed by atoms with Gasteiger partial charge in [-0.1, -0.05) is 12.1 Å². The van der Waals surface area contributed by atoms with Gasteiger partial charge < -0.3 is 5.11 Å². The van der Waals surface area contributed by atoms with Crippen LogP contribution in [0.15, 0.2) is 39.9 Å². The Balaban J connectivity index is 2.10. The summed E-state index contributed by atoms with van der Waals surface area (Å²) >= 11 is 0.849. The minimum Gasteiger partial charge on any atom is -0.477 e. The Morgan fingerprint density at radius 3 is 2.61 bits per heavy atom. The van der Waals surface area contributed by atoms with E-state index in [0.717, 1.165) is 15.9 Å². The Bertz CT molecular complexity index is 1070. The number of hydrogen-bond donors (Lipinski definition) is 2. The molecule has 0 unspecified atom stereocenters. The van der Waals surface area contributed by atoms with Gasteiger partial charge in [-0.2, -0.15) is 5.26 Å². The molecule has 0 spiro atoms. The second-order valence-corrected chi connectivity index (χ2v) is 5.84. The third-order valence-corrected chi connectivity index (χ3v) is 4.35. The van der Waals surface area contributed by atoms with Crippen molar-refractivity contribution in [2.75, 3.05) is 0 Å². The van der Waals surface area contributed by atoms with Crippen LogP contribution in [0.25, 0.3) is 10.2 Å². The summed E-state index contributed by atoms with van der Waals surface area (Å²) in [5, 5.41) is 17.9. The van der Waals surface area contributed by atoms with Gasteiger partial charge in [-0.05, 0) is 23.8 Å². The molecule has 7 nitrogen and oxygen atoms in total. The summed E-state index contributed by atoms with van der Waals surface area (Å²) in [5.74, 6) is -1.15. The van der Waals surface area contributed by atoms with Crippen LogP contribution >= 0.6 is 11.3 Å². The SMILES string of the molecule is N#Cc1ccc(Cn2c(=O)[nH]c3sc(C(=O)O)cc3c2=O)cc1. The number of rotatable bonds is 3. The average Bonchev–Trinajstić information content (AvgIpc) is 2.96. The summed E-state index contributed by atoms with van der Waals surface area (Å²) < 4.78 is 1.00. The molecule has 1 aromatic carbocycles. The number of thiophene rings is 1. The normalized spacial score (nSPS) is 10.6. The van der Waals surface area contributed by atoms with Crippen molar-refractivity contribution in [3.05, 3.63) is 67.2 Å². The highest BCUT2D eigenvalue weighted by Gasteiger charge is 2.14. The van der Waals surface area contributed by atoms with Gasteiger partial charge in [-0.25, -0.2) is 9.59 Å². The highest BCUT2D eigenvalue weighted by Crippen LogP contribution is 2.20. The Morgan fingerprint density at radius 1 is 1.30 bits per heavy atom. The van der Waals surface area contributed by atoms with Crippen molar-refractivity contribution in [1.29, 1.82) is 5.26 Å². The number of aromatic carboxylic acids is 1. The van der Waals surface area contributed by atoms with E-state index in [9.17, 15) is 14.4 Å². The van der Waals surface area contributed by atoms with Crippen LogP contribution in [0.4, 0.5) is 0 Å². The number of nitriles is 1. The molecule has 2 N–H and O–H groups in total. The van der Waals surface area contributed by atoms with E-state index in [4.69, 9.17) is 10.4 Å². The van der Waals surface area contributed by atoms with Crippen molar-refractivity contribution >= 4 is 27.5 Å². The van der Waals surface area contributed by atoms with Gasteiger partial charge in [0, 0.05) is 0 Å². The molecule has 0 aliphatic heterocycles. The highest BCUT2D eigenvalue weighted by molar-refractivity contribution is 7.20. The predicted octanol–water partition coefficient (Wildman–Crippen LogP) is 1.37. The topological polar surface area (TPSA) is 116 Å². The van der Waals surface area contributed by atoms with Gasteiger partial charge in [-0.15, -0.1) is 11.3 Å². The second-order valence-electron chi connectivity index (χ2n) is 4.79. The van der Waals surface area contributed by atoms with Gasteiger partial charge in [0.05, 0.1) is 23.6 Å². The van der Waals surface area contributed by atoms with Crippen LogP contribution in [0, 0.1) is 11.3 Å². The fourth-order valence-electron chi connectivity index (χ4n) is 2.16. The zero-order valence-electron chi connectivity index (χ0n) is 11.6. The Kier molecular flexibility index (Phi) is 3.56. The van der Waals surface area contributed by atoms with Crippen LogP contribution in [0.2, 0.25) is 0 Å². The van der Waals surface area contributed by atoms with E-state index in [2.05, 4.69) is 4.98 Å². The maximum atomic E-state index is 12.4. The molecule has 0 saturated carbocycles. The average molecular weight is 327 g/mol. The second kappa shape index (κ2) is 5.55. The minimum atomic E-state index is -1.15. The maximum absolute atomic E-state index is 12.4. The summed E-state index contributed by atoms with van der Waals surface area (Å²) in [5.41, 5.74) is 0.0153. The van der Waals surface area contributed by atoms with Crippen LogP contribution in [0.1, 0.15) is 20.8 Å². The van der Waals surface area contributed by atoms with E-state index in [1.54, 1.807) is 24.3 Å². The van der Waals surface area contributed by atoms with E-state index in [0.29, 0.717) is 11.1 Å². The Labute approximate surface area is 132 Å². The smallest absolute Gasteiger partial charge is 0.345 e. The lowest BCUT2D eigenvalue weighted by atomic mass is 10.1. The van der Waals surface area contributed by atoms with Crippen molar-refractivity contribution in [2.45, 2.75) is 6.54 Å². The van der Waals surface area contributed by atoms with Crippen molar-refractivity contribution in [1.82, 2.24) is 9.55 Å². The number of carboxylic acid groups (broad SMARTS) is 1. The van der Waals surface area contributed by atoms with Gasteiger partial charge >= 0.3 is 11.7 Å². The molecule has 0 atom stereocenters. The summed E-state index contributed by atoms with van der Waals surface area (Å²) in [6.07, 6.45) is 0. The number of nitrogens with one attached hydrogen (secondary N) is 1. The molecule has 0 aliphatic carbocycles. The molecule has 0 radical (unpaired) electrons. The number of carbonyl (C=O) groups is 1. The van der Waals surface area contributed by atoms with Crippen LogP contribution in [-0.2, 0) is 6.54 Å². The van der Waals surface area contributed by atoms with Crippen LogP contribution in [0.5, 0.6) is 0 Å². The van der Waals surface area contributed by atoms with E-state index in [1.165, 1.54) is 6.07 Å². The summed E-state index contributed by atoms with van der Waals surface area (Å²) in [6, 6.07) is 9.76. The number of nitrogens with zero attached hydrogens (tertiary/aromatic N) is 2. The quantitative estimate of drug-likeness (QED) is 0.753. The molecule has 2 aromatic heterocycles. The number of aromatic nitrogens is 2. The van der Waals surface area contributed by atoms with Gasteiger partial charge in [0.15, 0.2) is 0 Å². The number of H-pyrrole nitrogens is 1. The first-order chi connectivity index (χ1) is 11.0. The minimum absolute atomic E-state index is 0.0103. The number of benzene rings is 1. The zero-order valence-corrected chi connectivity index (χ0v) is 12.4. The molecule has 3 rings (SSSR count). The van der Waals surface area contributed by atoms with E-state index in [-0.39, 0.29) is 21.6 Å². The lowest BCUT2D eigenvalue weighted by molar-refractivity contribution is 0.0702. The van der Waals surface area contributed by atoms with Crippen LogP contribution < -0.4 is 11.2 Å². The van der Waals surface area contributed by atoms with Crippen molar-refractivity contribution in [3.8, 4) is 6.07 Å². The molecule has 8 heteroatoms. The maximum Gasteiger partial charge on any atom is 0.345 e. The van der Waals surface area contributed by atoms with Gasteiger partial charge in [0.1, 0.15) is 9.71 Å². The number of aromatic amines is 1. The van der Waals surface area contributed by atoms with Crippen molar-refractivity contribution in [3.63, 3.8) is 0 Å². The molecule has 114 valence electrons. The molecule has 0 bridgehead atoms. The molecule has 23 heavy (non-hydrogen) atoms. The fraction of sp³-hybridized carbons (Fsp3) is 0.0667. The Hall–Kier alpha value is -3.18. The van der Waals surface area contributed by atoms with E-state index < -0.39 is 17.2 Å². The standard InChI is InChI=1S/C15H9N3O4S/c16-6-8-1-3-9(4-2-8)7-18-13(19)10-5-11(14(20)21)23-12(10)17-15(18)22/h1-5H,7H2,(H,17,22)(H,20,21). The first-order valence-corrected chi connectivity index (χ1v) is 7.30. The number of carboxylic acids is 1. The van der Waals surface area contributed by atoms with Crippen LogP contribution in [0.3, 0.4) is 0 Å². The highest BCUT2D eigenvalue weighted by atomic mass is 32.1. The molecular formula is C15H9N3O4S.